The van der Waals surface area contributed by atoms with Crippen molar-refractivity contribution in [3.63, 3.8) is 0 Å². The zero-order valence-electron chi connectivity index (χ0n) is 21.7. The van der Waals surface area contributed by atoms with Crippen LogP contribution in [0.2, 0.25) is 0 Å². The van der Waals surface area contributed by atoms with E-state index in [2.05, 4.69) is 32.1 Å². The van der Waals surface area contributed by atoms with Crippen LogP contribution in [-0.2, 0) is 18.1 Å². The van der Waals surface area contributed by atoms with Crippen molar-refractivity contribution in [2.75, 3.05) is 44.0 Å². The van der Waals surface area contributed by atoms with E-state index in [4.69, 9.17) is 9.72 Å². The third kappa shape index (κ3) is 4.75. The number of likely N-dealkylation sites (tertiary alicyclic amines) is 1. The van der Waals surface area contributed by atoms with E-state index in [1.54, 1.807) is 27.2 Å². The minimum Gasteiger partial charge on any atom is -0.481 e. The van der Waals surface area contributed by atoms with Gasteiger partial charge in [-0.1, -0.05) is 12.1 Å². The van der Waals surface area contributed by atoms with Crippen LogP contribution in [0.4, 0.5) is 29.1 Å². The monoisotopic (exact) mass is 530 g/mol. The van der Waals surface area contributed by atoms with Crippen molar-refractivity contribution in [3.05, 3.63) is 70.6 Å². The quantitative estimate of drug-likeness (QED) is 0.460. The maximum atomic E-state index is 14.9. The Morgan fingerprint density at radius 1 is 1.13 bits per heavy atom. The van der Waals surface area contributed by atoms with E-state index in [9.17, 15) is 17.6 Å². The zero-order chi connectivity index (χ0) is 27.2. The normalized spacial score (nSPS) is 20.5. The number of nitrogens with one attached hydrogen (secondary N) is 1. The molecule has 11 heteroatoms. The smallest absolute Gasteiger partial charge is 0.419 e. The minimum atomic E-state index is -4.78. The zero-order valence-corrected chi connectivity index (χ0v) is 21.7. The first kappa shape index (κ1) is 26.1. The Hall–Kier alpha value is -3.47. The van der Waals surface area contributed by atoms with Gasteiger partial charge in [0.1, 0.15) is 17.5 Å². The van der Waals surface area contributed by atoms with Crippen LogP contribution < -0.4 is 15.0 Å². The first-order chi connectivity index (χ1) is 18.0. The number of anilines is 2. The standard InChI is InChI=1S/C27H30F4N6O/c1-16(19-6-5-7-21(23(19)28)27(29,30)31)33-25-20-13-37(18-8-9-22(38-4)32-12-18)15-26(10-11-36(3)14-26)24(20)34-17(2)35-25/h5-9,12,16H,10-11,13-15H2,1-4H3,(H,33,34,35)/t16-,26?/m1/s1. The van der Waals surface area contributed by atoms with Crippen molar-refractivity contribution in [1.82, 2.24) is 19.9 Å². The maximum Gasteiger partial charge on any atom is 0.419 e. The fourth-order valence-electron chi connectivity index (χ4n) is 5.64. The van der Waals surface area contributed by atoms with Crippen molar-refractivity contribution in [2.45, 2.75) is 44.4 Å². The summed E-state index contributed by atoms with van der Waals surface area (Å²) in [7, 11) is 3.64. The van der Waals surface area contributed by atoms with Gasteiger partial charge in [-0.05, 0) is 46.0 Å². The summed E-state index contributed by atoms with van der Waals surface area (Å²) < 4.78 is 60.2. The second kappa shape index (κ2) is 9.68. The molecule has 1 aromatic carbocycles. The molecular weight excluding hydrogens is 500 g/mol. The number of methoxy groups -OCH3 is 1. The molecule has 2 aliphatic rings. The molecule has 7 nitrogen and oxygen atoms in total. The molecule has 0 amide bonds. The molecule has 2 aromatic heterocycles. The molecular formula is C27H30F4N6O. The van der Waals surface area contributed by atoms with Crippen LogP contribution in [0.15, 0.2) is 36.5 Å². The lowest BCUT2D eigenvalue weighted by molar-refractivity contribution is -0.140. The number of likely N-dealkylation sites (N-methyl/N-ethyl adjacent to an activating group) is 1. The molecule has 4 heterocycles. The van der Waals surface area contributed by atoms with E-state index in [1.807, 2.05) is 12.1 Å². The fourth-order valence-corrected chi connectivity index (χ4v) is 5.64. The van der Waals surface area contributed by atoms with Crippen LogP contribution in [-0.4, -0.2) is 53.6 Å². The second-order valence-corrected chi connectivity index (χ2v) is 10.2. The summed E-state index contributed by atoms with van der Waals surface area (Å²) in [4.78, 5) is 18.4. The molecule has 0 aliphatic carbocycles. The molecule has 1 spiro atoms. The van der Waals surface area contributed by atoms with Crippen molar-refractivity contribution in [3.8, 4) is 5.88 Å². The van der Waals surface area contributed by atoms with E-state index < -0.39 is 23.6 Å². The lowest BCUT2D eigenvalue weighted by Gasteiger charge is -2.42. The van der Waals surface area contributed by atoms with E-state index in [-0.39, 0.29) is 11.0 Å². The Labute approximate surface area is 218 Å². The number of benzene rings is 1. The molecule has 1 saturated heterocycles. The van der Waals surface area contributed by atoms with Gasteiger partial charge in [0.15, 0.2) is 0 Å². The van der Waals surface area contributed by atoms with E-state index >= 15 is 0 Å². The van der Waals surface area contributed by atoms with Crippen LogP contribution in [0.1, 0.15) is 47.6 Å². The Balaban J connectivity index is 1.56. The van der Waals surface area contributed by atoms with Gasteiger partial charge in [-0.15, -0.1) is 0 Å². The highest BCUT2D eigenvalue weighted by Gasteiger charge is 2.46. The minimum absolute atomic E-state index is 0.0767. The molecule has 0 saturated carbocycles. The highest BCUT2D eigenvalue weighted by atomic mass is 19.4. The Bertz CT molecular complexity index is 1330. The van der Waals surface area contributed by atoms with Gasteiger partial charge >= 0.3 is 6.18 Å². The van der Waals surface area contributed by atoms with Crippen molar-refractivity contribution >= 4 is 11.5 Å². The largest absolute Gasteiger partial charge is 0.481 e. The third-order valence-corrected chi connectivity index (χ3v) is 7.46. The van der Waals surface area contributed by atoms with Crippen molar-refractivity contribution in [2.24, 2.45) is 0 Å². The molecule has 0 radical (unpaired) electrons. The first-order valence-electron chi connectivity index (χ1n) is 12.4. The summed E-state index contributed by atoms with van der Waals surface area (Å²) in [5.74, 6) is 0.285. The Morgan fingerprint density at radius 3 is 2.55 bits per heavy atom. The maximum absolute atomic E-state index is 14.9. The number of alkyl halides is 3. The molecule has 0 bridgehead atoms. The molecule has 5 rings (SSSR count). The van der Waals surface area contributed by atoms with Gasteiger partial charge in [-0.3, -0.25) is 0 Å². The number of hydrogen-bond acceptors (Lipinski definition) is 7. The van der Waals surface area contributed by atoms with Gasteiger partial charge in [0, 0.05) is 42.2 Å². The van der Waals surface area contributed by atoms with E-state index in [1.165, 1.54) is 12.1 Å². The average Bonchev–Trinajstić information content (AvgIpc) is 3.24. The van der Waals surface area contributed by atoms with Crippen LogP contribution in [0.3, 0.4) is 0 Å². The molecule has 38 heavy (non-hydrogen) atoms. The van der Waals surface area contributed by atoms with Gasteiger partial charge in [0.05, 0.1) is 36.3 Å². The Morgan fingerprint density at radius 2 is 1.92 bits per heavy atom. The van der Waals surface area contributed by atoms with Gasteiger partial charge in [-0.2, -0.15) is 13.2 Å². The van der Waals surface area contributed by atoms with Gasteiger partial charge in [-0.25, -0.2) is 19.3 Å². The van der Waals surface area contributed by atoms with Gasteiger partial charge < -0.3 is 19.9 Å². The number of aromatic nitrogens is 3. The number of aryl methyl sites for hydroxylation is 1. The summed E-state index contributed by atoms with van der Waals surface area (Å²) in [5, 5.41) is 3.22. The Kier molecular flexibility index (Phi) is 6.66. The van der Waals surface area contributed by atoms with Crippen LogP contribution in [0.25, 0.3) is 0 Å². The number of pyridine rings is 1. The number of fused-ring (bicyclic) bond motifs is 2. The van der Waals surface area contributed by atoms with Gasteiger partial charge in [0.25, 0.3) is 0 Å². The van der Waals surface area contributed by atoms with Crippen molar-refractivity contribution < 1.29 is 22.3 Å². The van der Waals surface area contributed by atoms with Crippen LogP contribution in [0, 0.1) is 12.7 Å². The number of rotatable bonds is 5. The predicted octanol–water partition coefficient (Wildman–Crippen LogP) is 5.11. The number of ether oxygens (including phenoxy) is 1. The van der Waals surface area contributed by atoms with Crippen LogP contribution in [0.5, 0.6) is 5.88 Å². The topological polar surface area (TPSA) is 66.4 Å². The van der Waals surface area contributed by atoms with Crippen LogP contribution >= 0.6 is 0 Å². The average molecular weight is 531 g/mol. The summed E-state index contributed by atoms with van der Waals surface area (Å²) >= 11 is 0. The summed E-state index contributed by atoms with van der Waals surface area (Å²) in [6.45, 7) is 6.34. The molecule has 1 fully saturated rings. The lowest BCUT2D eigenvalue weighted by Crippen LogP contribution is -2.48. The fraction of sp³-hybridized carbons (Fsp3) is 0.444. The molecule has 202 valence electrons. The summed E-state index contributed by atoms with van der Waals surface area (Å²) in [6, 6.07) is 6.33. The number of nitrogens with zero attached hydrogens (tertiary/aromatic N) is 5. The second-order valence-electron chi connectivity index (χ2n) is 10.2. The lowest BCUT2D eigenvalue weighted by atomic mass is 9.77. The predicted molar refractivity (Wildman–Crippen MR) is 136 cm³/mol. The molecule has 2 aliphatic heterocycles. The molecule has 1 N–H and O–H groups in total. The summed E-state index contributed by atoms with van der Waals surface area (Å²) in [6.07, 6.45) is -2.12. The summed E-state index contributed by atoms with van der Waals surface area (Å²) in [5.41, 5.74) is 1.08. The third-order valence-electron chi connectivity index (χ3n) is 7.46. The van der Waals surface area contributed by atoms with E-state index in [0.717, 1.165) is 49.1 Å². The SMILES string of the molecule is COc1ccc(N2Cc3c(N[C@H](C)c4cccc(C(F)(F)F)c4F)nc(C)nc3C3(CCN(C)C3)C2)cn1. The highest BCUT2D eigenvalue weighted by molar-refractivity contribution is 5.58. The van der Waals surface area contributed by atoms with Crippen molar-refractivity contribution in [1.29, 1.82) is 0 Å². The number of halogens is 4. The molecule has 1 unspecified atom stereocenters. The van der Waals surface area contributed by atoms with Gasteiger partial charge in [0.2, 0.25) is 5.88 Å². The van der Waals surface area contributed by atoms with E-state index in [0.29, 0.717) is 24.1 Å². The molecule has 2 atom stereocenters. The molecule has 3 aromatic rings. The first-order valence-corrected chi connectivity index (χ1v) is 12.4. The number of hydrogen-bond donors (Lipinski definition) is 1. The highest BCUT2D eigenvalue weighted by Crippen LogP contribution is 2.43.